The van der Waals surface area contributed by atoms with Crippen LogP contribution in [0.3, 0.4) is 0 Å². The van der Waals surface area contributed by atoms with Crippen molar-refractivity contribution in [3.05, 3.63) is 46.3 Å². The lowest BCUT2D eigenvalue weighted by Crippen LogP contribution is -2.12. The molecule has 0 spiro atoms. The highest BCUT2D eigenvalue weighted by atomic mass is 79.9. The second kappa shape index (κ2) is 4.49. The highest BCUT2D eigenvalue weighted by Crippen LogP contribution is 2.19. The van der Waals surface area contributed by atoms with Crippen LogP contribution >= 0.6 is 15.9 Å². The lowest BCUT2D eigenvalue weighted by atomic mass is 10.2. The molecular weight excluding hydrogens is 272 g/mol. The van der Waals surface area contributed by atoms with Gasteiger partial charge in [-0.1, -0.05) is 21.1 Å². The van der Waals surface area contributed by atoms with Crippen molar-refractivity contribution in [1.29, 1.82) is 0 Å². The van der Waals surface area contributed by atoms with E-state index in [4.69, 9.17) is 0 Å². The Hall–Kier alpha value is -1.62. The van der Waals surface area contributed by atoms with Crippen LogP contribution in [-0.2, 0) is 0 Å². The molecule has 1 N–H and O–H groups in total. The molecule has 0 aliphatic carbocycles. The summed E-state index contributed by atoms with van der Waals surface area (Å²) in [7, 11) is 0. The molecule has 0 fully saturated rings. The molecule has 2 aromatic rings. The first-order valence-electron chi connectivity index (χ1n) is 4.64. The van der Waals surface area contributed by atoms with E-state index in [0.717, 1.165) is 15.7 Å². The molecule has 0 radical (unpaired) electrons. The van der Waals surface area contributed by atoms with E-state index in [2.05, 4.69) is 30.9 Å². The van der Waals surface area contributed by atoms with Gasteiger partial charge in [0.2, 0.25) is 0 Å². The fourth-order valence-corrected chi connectivity index (χ4v) is 1.94. The van der Waals surface area contributed by atoms with E-state index in [9.17, 15) is 4.79 Å². The van der Waals surface area contributed by atoms with Gasteiger partial charge in [-0.05, 0) is 30.7 Å². The molecule has 2 rings (SSSR count). The van der Waals surface area contributed by atoms with E-state index < -0.39 is 0 Å². The highest BCUT2D eigenvalue weighted by molar-refractivity contribution is 9.10. The first-order valence-corrected chi connectivity index (χ1v) is 5.43. The molecule has 0 atom stereocenters. The molecule has 1 aromatic carbocycles. The Kier molecular flexibility index (Phi) is 3.05. The van der Waals surface area contributed by atoms with Crippen molar-refractivity contribution in [3.63, 3.8) is 0 Å². The number of nitrogens with one attached hydrogen (secondary N) is 1. The van der Waals surface area contributed by atoms with Crippen molar-refractivity contribution in [2.24, 2.45) is 0 Å². The van der Waals surface area contributed by atoms with Gasteiger partial charge in [-0.3, -0.25) is 4.79 Å². The maximum Gasteiger partial charge on any atom is 0.277 e. The summed E-state index contributed by atoms with van der Waals surface area (Å²) in [5, 5.41) is 6.29. The topological polar surface area (TPSA) is 55.1 Å². The normalized spacial score (nSPS) is 10.1. The lowest BCUT2D eigenvalue weighted by molar-refractivity contribution is 0.101. The predicted octanol–water partition coefficient (Wildman–Crippen LogP) is 3.00. The standard InChI is InChI=1S/C11H9BrN2O2/c1-7-4-8(12)6-9(5-7)13-11(15)10-2-3-16-14-10/h2-6H,1H3,(H,13,15). The summed E-state index contributed by atoms with van der Waals surface area (Å²) in [4.78, 5) is 11.6. The number of benzene rings is 1. The number of nitrogens with zero attached hydrogens (tertiary/aromatic N) is 1. The fourth-order valence-electron chi connectivity index (χ4n) is 1.33. The first kappa shape index (κ1) is 10.9. The highest BCUT2D eigenvalue weighted by Gasteiger charge is 2.09. The molecule has 1 heterocycles. The minimum atomic E-state index is -0.286. The molecule has 82 valence electrons. The summed E-state index contributed by atoms with van der Waals surface area (Å²) in [6, 6.07) is 7.18. The number of anilines is 1. The molecule has 0 bridgehead atoms. The number of hydrogen-bond acceptors (Lipinski definition) is 3. The SMILES string of the molecule is Cc1cc(Br)cc(NC(=O)c2ccon2)c1. The Morgan fingerprint density at radius 3 is 2.88 bits per heavy atom. The third-order valence-electron chi connectivity index (χ3n) is 1.97. The Labute approximate surface area is 101 Å². The Morgan fingerprint density at radius 2 is 2.25 bits per heavy atom. The molecule has 0 saturated carbocycles. The number of carbonyl (C=O) groups excluding carboxylic acids is 1. The minimum absolute atomic E-state index is 0.262. The second-order valence-electron chi connectivity index (χ2n) is 3.36. The maximum absolute atomic E-state index is 11.6. The number of amides is 1. The molecule has 0 unspecified atom stereocenters. The van der Waals surface area contributed by atoms with Crippen LogP contribution in [0.2, 0.25) is 0 Å². The lowest BCUT2D eigenvalue weighted by Gasteiger charge is -2.04. The zero-order valence-corrected chi connectivity index (χ0v) is 10.1. The molecule has 0 saturated heterocycles. The van der Waals surface area contributed by atoms with E-state index in [0.29, 0.717) is 0 Å². The van der Waals surface area contributed by atoms with Gasteiger partial charge in [0.05, 0.1) is 0 Å². The van der Waals surface area contributed by atoms with Crippen LogP contribution in [0.1, 0.15) is 16.1 Å². The Bertz CT molecular complexity index is 488. The Balaban J connectivity index is 2.18. The number of hydrogen-bond donors (Lipinski definition) is 1. The van der Waals surface area contributed by atoms with Gasteiger partial charge in [-0.2, -0.15) is 0 Å². The average molecular weight is 281 g/mol. The molecule has 0 aliphatic heterocycles. The van der Waals surface area contributed by atoms with E-state index in [1.165, 1.54) is 12.3 Å². The summed E-state index contributed by atoms with van der Waals surface area (Å²) < 4.78 is 5.52. The van der Waals surface area contributed by atoms with Gasteiger partial charge in [0, 0.05) is 16.2 Å². The third-order valence-corrected chi connectivity index (χ3v) is 2.43. The van der Waals surface area contributed by atoms with Crippen molar-refractivity contribution in [2.45, 2.75) is 6.92 Å². The van der Waals surface area contributed by atoms with Crippen LogP contribution < -0.4 is 5.32 Å². The molecule has 0 aliphatic rings. The van der Waals surface area contributed by atoms with E-state index in [1.54, 1.807) is 0 Å². The van der Waals surface area contributed by atoms with Crippen LogP contribution in [0.5, 0.6) is 0 Å². The minimum Gasteiger partial charge on any atom is -0.364 e. The Morgan fingerprint density at radius 1 is 1.44 bits per heavy atom. The van der Waals surface area contributed by atoms with Crippen LogP contribution in [0.25, 0.3) is 0 Å². The van der Waals surface area contributed by atoms with E-state index >= 15 is 0 Å². The third kappa shape index (κ3) is 2.49. The van der Waals surface area contributed by atoms with Crippen molar-refractivity contribution < 1.29 is 9.32 Å². The van der Waals surface area contributed by atoms with Crippen LogP contribution in [-0.4, -0.2) is 11.1 Å². The molecule has 5 heteroatoms. The van der Waals surface area contributed by atoms with Gasteiger partial charge >= 0.3 is 0 Å². The summed E-state index contributed by atoms with van der Waals surface area (Å²) in [6.45, 7) is 1.95. The van der Waals surface area contributed by atoms with Gasteiger partial charge in [0.1, 0.15) is 6.26 Å². The monoisotopic (exact) mass is 280 g/mol. The fraction of sp³-hybridized carbons (Fsp3) is 0.0909. The first-order chi connectivity index (χ1) is 7.65. The van der Waals surface area contributed by atoms with Crippen molar-refractivity contribution in [2.75, 3.05) is 5.32 Å². The zero-order chi connectivity index (χ0) is 11.5. The number of aryl methyl sites for hydroxylation is 1. The molecule has 1 aromatic heterocycles. The van der Waals surface area contributed by atoms with Gasteiger partial charge in [-0.15, -0.1) is 0 Å². The molecule has 16 heavy (non-hydrogen) atoms. The van der Waals surface area contributed by atoms with Gasteiger partial charge in [0.15, 0.2) is 5.69 Å². The number of halogens is 1. The van der Waals surface area contributed by atoms with Gasteiger partial charge in [-0.25, -0.2) is 0 Å². The zero-order valence-electron chi connectivity index (χ0n) is 8.53. The van der Waals surface area contributed by atoms with Gasteiger partial charge in [0.25, 0.3) is 5.91 Å². The van der Waals surface area contributed by atoms with Crippen LogP contribution in [0.15, 0.2) is 39.5 Å². The number of carbonyl (C=O) groups is 1. The summed E-state index contributed by atoms with van der Waals surface area (Å²) >= 11 is 3.37. The number of rotatable bonds is 2. The van der Waals surface area contributed by atoms with Crippen LogP contribution in [0.4, 0.5) is 5.69 Å². The van der Waals surface area contributed by atoms with Gasteiger partial charge < -0.3 is 9.84 Å². The molecule has 1 amide bonds. The summed E-state index contributed by atoms with van der Waals surface area (Å²) in [6.07, 6.45) is 1.36. The van der Waals surface area contributed by atoms with Crippen molar-refractivity contribution >= 4 is 27.5 Å². The van der Waals surface area contributed by atoms with Crippen molar-refractivity contribution in [3.8, 4) is 0 Å². The summed E-state index contributed by atoms with van der Waals surface area (Å²) in [5.74, 6) is -0.286. The smallest absolute Gasteiger partial charge is 0.277 e. The average Bonchev–Trinajstić information content (AvgIpc) is 2.68. The van der Waals surface area contributed by atoms with E-state index in [-0.39, 0.29) is 11.6 Å². The second-order valence-corrected chi connectivity index (χ2v) is 4.27. The number of aromatic nitrogens is 1. The molecular formula is C11H9BrN2O2. The van der Waals surface area contributed by atoms with Crippen molar-refractivity contribution in [1.82, 2.24) is 5.16 Å². The molecule has 4 nitrogen and oxygen atoms in total. The largest absolute Gasteiger partial charge is 0.364 e. The quantitative estimate of drug-likeness (QED) is 0.920. The summed E-state index contributed by atoms with van der Waals surface area (Å²) in [5.41, 5.74) is 2.04. The van der Waals surface area contributed by atoms with E-state index in [1.807, 2.05) is 25.1 Å². The van der Waals surface area contributed by atoms with Crippen LogP contribution in [0, 0.1) is 6.92 Å². The predicted molar refractivity (Wildman–Crippen MR) is 63.3 cm³/mol. The maximum atomic E-state index is 11.6.